The maximum absolute atomic E-state index is 12.2. The molecule has 1 saturated carbocycles. The highest BCUT2D eigenvalue weighted by Gasteiger charge is 2.33. The van der Waals surface area contributed by atoms with Crippen molar-refractivity contribution in [2.45, 2.75) is 58.4 Å². The van der Waals surface area contributed by atoms with Crippen LogP contribution in [-0.4, -0.2) is 29.9 Å². The van der Waals surface area contributed by atoms with E-state index < -0.39 is 0 Å². The molecule has 98 valence electrons. The Morgan fingerprint density at radius 1 is 1.35 bits per heavy atom. The summed E-state index contributed by atoms with van der Waals surface area (Å²) >= 11 is 0. The standard InChI is InChI=1S/C14H26N2O/c1-14(2)7-8-16(10-14)13(17)9-11-5-3-4-6-12(11)15/h11-12H,3-10,15H2,1-2H3. The molecule has 3 heteroatoms. The van der Waals surface area contributed by atoms with Crippen molar-refractivity contribution in [2.24, 2.45) is 17.1 Å². The van der Waals surface area contributed by atoms with E-state index in [0.29, 0.717) is 23.7 Å². The lowest BCUT2D eigenvalue weighted by Crippen LogP contribution is -2.38. The van der Waals surface area contributed by atoms with Crippen molar-refractivity contribution in [1.82, 2.24) is 4.90 Å². The fourth-order valence-electron chi connectivity index (χ4n) is 3.17. The van der Waals surface area contributed by atoms with Crippen LogP contribution in [0.25, 0.3) is 0 Å². The molecule has 0 radical (unpaired) electrons. The van der Waals surface area contributed by atoms with Crippen LogP contribution in [-0.2, 0) is 4.79 Å². The molecule has 3 nitrogen and oxygen atoms in total. The molecule has 2 aliphatic rings. The number of rotatable bonds is 2. The van der Waals surface area contributed by atoms with Gasteiger partial charge in [0.2, 0.25) is 5.91 Å². The highest BCUT2D eigenvalue weighted by atomic mass is 16.2. The SMILES string of the molecule is CC1(C)CCN(C(=O)CC2CCCCC2N)C1. The minimum Gasteiger partial charge on any atom is -0.342 e. The molecule has 1 aliphatic heterocycles. The van der Waals surface area contributed by atoms with Crippen molar-refractivity contribution >= 4 is 5.91 Å². The summed E-state index contributed by atoms with van der Waals surface area (Å²) < 4.78 is 0. The van der Waals surface area contributed by atoms with Crippen molar-refractivity contribution in [3.63, 3.8) is 0 Å². The lowest BCUT2D eigenvalue weighted by atomic mass is 9.83. The third kappa shape index (κ3) is 3.21. The van der Waals surface area contributed by atoms with Crippen LogP contribution in [0.3, 0.4) is 0 Å². The first kappa shape index (κ1) is 12.9. The minimum absolute atomic E-state index is 0.253. The Morgan fingerprint density at radius 3 is 2.65 bits per heavy atom. The molecule has 1 heterocycles. The Kier molecular flexibility index (Phi) is 3.76. The summed E-state index contributed by atoms with van der Waals surface area (Å²) in [6.07, 6.45) is 6.54. The Hall–Kier alpha value is -0.570. The molecule has 0 aromatic carbocycles. The highest BCUT2D eigenvalue weighted by Crippen LogP contribution is 2.31. The molecular formula is C14H26N2O. The summed E-state index contributed by atoms with van der Waals surface area (Å²) in [7, 11) is 0. The molecule has 2 unspecified atom stereocenters. The quantitative estimate of drug-likeness (QED) is 0.801. The fraction of sp³-hybridized carbons (Fsp3) is 0.929. The van der Waals surface area contributed by atoms with Crippen LogP contribution < -0.4 is 5.73 Å². The molecule has 2 N–H and O–H groups in total. The highest BCUT2D eigenvalue weighted by molar-refractivity contribution is 5.76. The van der Waals surface area contributed by atoms with Crippen molar-refractivity contribution in [3.8, 4) is 0 Å². The van der Waals surface area contributed by atoms with E-state index in [1.165, 1.54) is 12.8 Å². The molecule has 2 fully saturated rings. The second kappa shape index (κ2) is 4.97. The van der Waals surface area contributed by atoms with Crippen molar-refractivity contribution in [2.75, 3.05) is 13.1 Å². The van der Waals surface area contributed by atoms with Gasteiger partial charge in [-0.1, -0.05) is 26.7 Å². The summed E-state index contributed by atoms with van der Waals surface area (Å²) in [5, 5.41) is 0. The number of carbonyl (C=O) groups excluding carboxylic acids is 1. The van der Waals surface area contributed by atoms with Crippen LogP contribution in [0.2, 0.25) is 0 Å². The molecular weight excluding hydrogens is 212 g/mol. The number of nitrogens with zero attached hydrogens (tertiary/aromatic N) is 1. The van der Waals surface area contributed by atoms with Crippen LogP contribution >= 0.6 is 0 Å². The van der Waals surface area contributed by atoms with Gasteiger partial charge in [0, 0.05) is 25.6 Å². The number of amides is 1. The molecule has 0 spiro atoms. The fourth-order valence-corrected chi connectivity index (χ4v) is 3.17. The Bertz CT molecular complexity index is 288. The Balaban J connectivity index is 1.84. The van der Waals surface area contributed by atoms with Crippen LogP contribution in [0.1, 0.15) is 52.4 Å². The van der Waals surface area contributed by atoms with Crippen LogP contribution in [0.4, 0.5) is 0 Å². The molecule has 0 bridgehead atoms. The maximum atomic E-state index is 12.2. The van der Waals surface area contributed by atoms with Gasteiger partial charge in [0.25, 0.3) is 0 Å². The second-order valence-electron chi connectivity index (χ2n) is 6.64. The topological polar surface area (TPSA) is 46.3 Å². The zero-order chi connectivity index (χ0) is 12.5. The Morgan fingerprint density at radius 2 is 2.06 bits per heavy atom. The van der Waals surface area contributed by atoms with Gasteiger partial charge < -0.3 is 10.6 Å². The van der Waals surface area contributed by atoms with Gasteiger partial charge in [-0.3, -0.25) is 4.79 Å². The average Bonchev–Trinajstić information content (AvgIpc) is 2.62. The molecule has 2 atom stereocenters. The smallest absolute Gasteiger partial charge is 0.222 e. The first-order valence-electron chi connectivity index (χ1n) is 7.01. The number of nitrogens with two attached hydrogens (primary N) is 1. The van der Waals surface area contributed by atoms with Crippen LogP contribution in [0, 0.1) is 11.3 Å². The zero-order valence-electron chi connectivity index (χ0n) is 11.2. The first-order valence-corrected chi connectivity index (χ1v) is 7.01. The van der Waals surface area contributed by atoms with Gasteiger partial charge in [-0.2, -0.15) is 0 Å². The third-order valence-electron chi connectivity index (χ3n) is 4.43. The van der Waals surface area contributed by atoms with Gasteiger partial charge in [-0.05, 0) is 30.6 Å². The van der Waals surface area contributed by atoms with Gasteiger partial charge in [-0.15, -0.1) is 0 Å². The van der Waals surface area contributed by atoms with E-state index in [9.17, 15) is 4.79 Å². The lowest BCUT2D eigenvalue weighted by molar-refractivity contribution is -0.131. The largest absolute Gasteiger partial charge is 0.342 e. The molecule has 1 amide bonds. The second-order valence-corrected chi connectivity index (χ2v) is 6.64. The van der Waals surface area contributed by atoms with Gasteiger partial charge >= 0.3 is 0 Å². The van der Waals surface area contributed by atoms with E-state index in [-0.39, 0.29) is 6.04 Å². The van der Waals surface area contributed by atoms with E-state index >= 15 is 0 Å². The van der Waals surface area contributed by atoms with E-state index in [1.54, 1.807) is 0 Å². The normalized spacial score (nSPS) is 32.8. The lowest BCUT2D eigenvalue weighted by Gasteiger charge is -2.29. The minimum atomic E-state index is 0.253. The van der Waals surface area contributed by atoms with Crippen molar-refractivity contribution < 1.29 is 4.79 Å². The van der Waals surface area contributed by atoms with Gasteiger partial charge in [0.05, 0.1) is 0 Å². The molecule has 1 aliphatic carbocycles. The van der Waals surface area contributed by atoms with E-state index in [2.05, 4.69) is 13.8 Å². The summed E-state index contributed by atoms with van der Waals surface area (Å²) in [6, 6.07) is 0.253. The van der Waals surface area contributed by atoms with E-state index in [1.807, 2.05) is 4.90 Å². The Labute approximate surface area is 105 Å². The maximum Gasteiger partial charge on any atom is 0.222 e. The van der Waals surface area contributed by atoms with E-state index in [0.717, 1.165) is 32.4 Å². The third-order valence-corrected chi connectivity index (χ3v) is 4.43. The van der Waals surface area contributed by atoms with Crippen molar-refractivity contribution in [3.05, 3.63) is 0 Å². The molecule has 0 aromatic heterocycles. The van der Waals surface area contributed by atoms with Gasteiger partial charge in [0.1, 0.15) is 0 Å². The number of hydrogen-bond acceptors (Lipinski definition) is 2. The summed E-state index contributed by atoms with van der Waals surface area (Å²) in [5.41, 5.74) is 6.42. The zero-order valence-corrected chi connectivity index (χ0v) is 11.2. The number of carbonyl (C=O) groups is 1. The number of hydrogen-bond donors (Lipinski definition) is 1. The van der Waals surface area contributed by atoms with Crippen molar-refractivity contribution in [1.29, 1.82) is 0 Å². The molecule has 2 rings (SSSR count). The monoisotopic (exact) mass is 238 g/mol. The molecule has 0 aromatic rings. The van der Waals surface area contributed by atoms with E-state index in [4.69, 9.17) is 5.73 Å². The predicted molar refractivity (Wildman–Crippen MR) is 69.5 cm³/mol. The number of likely N-dealkylation sites (tertiary alicyclic amines) is 1. The summed E-state index contributed by atoms with van der Waals surface area (Å²) in [4.78, 5) is 14.3. The van der Waals surface area contributed by atoms with Crippen LogP contribution in [0.15, 0.2) is 0 Å². The molecule has 17 heavy (non-hydrogen) atoms. The summed E-state index contributed by atoms with van der Waals surface area (Å²) in [6.45, 7) is 6.35. The van der Waals surface area contributed by atoms with Gasteiger partial charge in [0.15, 0.2) is 0 Å². The predicted octanol–water partition coefficient (Wildman–Crippen LogP) is 2.15. The van der Waals surface area contributed by atoms with Crippen LogP contribution in [0.5, 0.6) is 0 Å². The average molecular weight is 238 g/mol. The molecule has 1 saturated heterocycles. The first-order chi connectivity index (χ1) is 7.98. The van der Waals surface area contributed by atoms with Gasteiger partial charge in [-0.25, -0.2) is 0 Å². The summed E-state index contributed by atoms with van der Waals surface area (Å²) in [5.74, 6) is 0.762.